The molecule has 0 unspecified atom stereocenters. The second kappa shape index (κ2) is 3.97. The summed E-state index contributed by atoms with van der Waals surface area (Å²) in [6.45, 7) is 1.70. The quantitative estimate of drug-likeness (QED) is 0.421. The van der Waals surface area contributed by atoms with E-state index in [-0.39, 0.29) is 0 Å². The number of carbonyl (C=O) groups is 1. The number of carbonyl (C=O) groups excluding carboxylic acids is 1. The van der Waals surface area contributed by atoms with E-state index in [2.05, 4.69) is 8.92 Å². The normalized spacial score (nSPS) is 13.7. The number of rotatable bonds is 3. The molecule has 0 aliphatic carbocycles. The Morgan fingerprint density at radius 2 is 1.60 bits per heavy atom. The Morgan fingerprint density at radius 1 is 1.20 bits per heavy atom. The van der Waals surface area contributed by atoms with Crippen LogP contribution in [0.1, 0.15) is 13.8 Å². The molecule has 0 aromatic rings. The maximum atomic E-state index is 11.9. The smallest absolute Gasteiger partial charge is 0.467 e. The highest BCUT2D eigenvalue weighted by Gasteiger charge is 2.51. The van der Waals surface area contributed by atoms with Crippen molar-refractivity contribution in [1.29, 1.82) is 0 Å². The van der Waals surface area contributed by atoms with Gasteiger partial charge in [0.1, 0.15) is 0 Å². The number of hydrogen-bond donors (Lipinski definition) is 0. The Labute approximate surface area is 84.3 Å². The van der Waals surface area contributed by atoms with Gasteiger partial charge in [-0.25, -0.2) is 8.98 Å². The fourth-order valence-corrected chi connectivity index (χ4v) is 1.31. The molecule has 0 heterocycles. The average molecular weight is 250 g/mol. The van der Waals surface area contributed by atoms with E-state index in [1.165, 1.54) is 0 Å². The topological polar surface area (TPSA) is 69.7 Å². The zero-order valence-corrected chi connectivity index (χ0v) is 8.90. The Balaban J connectivity index is 4.98. The van der Waals surface area contributed by atoms with E-state index in [4.69, 9.17) is 0 Å². The summed E-state index contributed by atoms with van der Waals surface area (Å²) in [5.41, 5.74) is -7.79. The van der Waals surface area contributed by atoms with Crippen LogP contribution in [0.4, 0.5) is 13.2 Å². The first-order valence-corrected chi connectivity index (χ1v) is 4.95. The van der Waals surface area contributed by atoms with Gasteiger partial charge in [0, 0.05) is 0 Å². The number of ether oxygens (including phenoxy) is 1. The molecule has 0 saturated heterocycles. The summed E-state index contributed by atoms with van der Waals surface area (Å²) in [6.07, 6.45) is 0. The molecular weight excluding hydrogens is 241 g/mol. The van der Waals surface area contributed by atoms with Gasteiger partial charge in [0.2, 0.25) is 0 Å². The molecule has 90 valence electrons. The standard InChI is InChI=1S/C6H9F3O5S/c1-5(2,4(10)13-3)14-15(11,12)6(7,8)9/h1-3H3. The zero-order valence-electron chi connectivity index (χ0n) is 8.08. The minimum absolute atomic E-state index is 0.849. The van der Waals surface area contributed by atoms with Gasteiger partial charge in [-0.1, -0.05) is 0 Å². The summed E-state index contributed by atoms with van der Waals surface area (Å²) < 4.78 is 64.5. The molecule has 9 heteroatoms. The van der Waals surface area contributed by atoms with Crippen LogP contribution in [-0.2, 0) is 23.8 Å². The van der Waals surface area contributed by atoms with Crippen LogP contribution in [0.25, 0.3) is 0 Å². The van der Waals surface area contributed by atoms with Crippen molar-refractivity contribution in [1.82, 2.24) is 0 Å². The first-order valence-electron chi connectivity index (χ1n) is 3.54. The van der Waals surface area contributed by atoms with Crippen LogP contribution in [0.15, 0.2) is 0 Å². The summed E-state index contributed by atoms with van der Waals surface area (Å²) in [5.74, 6) is -1.23. The predicted octanol–water partition coefficient (Wildman–Crippen LogP) is 0.804. The predicted molar refractivity (Wildman–Crippen MR) is 42.2 cm³/mol. The Morgan fingerprint density at radius 3 is 1.87 bits per heavy atom. The largest absolute Gasteiger partial charge is 0.523 e. The van der Waals surface area contributed by atoms with Crippen LogP contribution >= 0.6 is 0 Å². The Kier molecular flexibility index (Phi) is 3.75. The van der Waals surface area contributed by atoms with E-state index >= 15 is 0 Å². The molecule has 15 heavy (non-hydrogen) atoms. The van der Waals surface area contributed by atoms with Crippen molar-refractivity contribution < 1.29 is 35.3 Å². The summed E-state index contributed by atoms with van der Waals surface area (Å²) >= 11 is 0. The molecule has 0 radical (unpaired) electrons. The third kappa shape index (κ3) is 3.34. The van der Waals surface area contributed by atoms with Gasteiger partial charge >= 0.3 is 21.6 Å². The Bertz CT molecular complexity index is 342. The molecule has 0 saturated carbocycles. The molecule has 0 aromatic carbocycles. The van der Waals surface area contributed by atoms with E-state index in [0.29, 0.717) is 0 Å². The molecule has 0 aromatic heterocycles. The summed E-state index contributed by atoms with van der Waals surface area (Å²) in [5, 5.41) is 0. The van der Waals surface area contributed by atoms with E-state index < -0.39 is 27.2 Å². The zero-order chi connectivity index (χ0) is 12.5. The van der Waals surface area contributed by atoms with Gasteiger partial charge < -0.3 is 4.74 Å². The van der Waals surface area contributed by atoms with Crippen LogP contribution in [0.5, 0.6) is 0 Å². The first-order chi connectivity index (χ1) is 6.44. The Hall–Kier alpha value is -0.830. The minimum atomic E-state index is -5.81. The second-order valence-corrected chi connectivity index (χ2v) is 4.52. The number of methoxy groups -OCH3 is 1. The third-order valence-electron chi connectivity index (χ3n) is 1.28. The van der Waals surface area contributed by atoms with Crippen molar-refractivity contribution in [3.05, 3.63) is 0 Å². The van der Waals surface area contributed by atoms with E-state index in [1.54, 1.807) is 0 Å². The molecule has 0 spiro atoms. The summed E-state index contributed by atoms with van der Waals surface area (Å²) in [4.78, 5) is 10.9. The molecule has 0 fully saturated rings. The molecule has 0 bridgehead atoms. The lowest BCUT2D eigenvalue weighted by Crippen LogP contribution is -2.41. The van der Waals surface area contributed by atoms with Crippen LogP contribution < -0.4 is 0 Å². The highest BCUT2D eigenvalue weighted by atomic mass is 32.2. The van der Waals surface area contributed by atoms with E-state index in [1.807, 2.05) is 0 Å². The molecule has 0 N–H and O–H groups in total. The maximum Gasteiger partial charge on any atom is 0.523 e. The molecule has 0 aliphatic heterocycles. The monoisotopic (exact) mass is 250 g/mol. The average Bonchev–Trinajstić information content (AvgIpc) is 1.98. The van der Waals surface area contributed by atoms with Gasteiger partial charge in [-0.15, -0.1) is 0 Å². The lowest BCUT2D eigenvalue weighted by atomic mass is 10.1. The molecule has 0 aliphatic rings. The maximum absolute atomic E-state index is 11.9. The molecule has 0 amide bonds. The van der Waals surface area contributed by atoms with E-state index in [0.717, 1.165) is 21.0 Å². The lowest BCUT2D eigenvalue weighted by Gasteiger charge is -2.21. The fraction of sp³-hybridized carbons (Fsp3) is 0.833. The van der Waals surface area contributed by atoms with Gasteiger partial charge in [-0.05, 0) is 13.8 Å². The number of esters is 1. The fourth-order valence-electron chi connectivity index (χ4n) is 0.601. The molecular formula is C6H9F3O5S. The van der Waals surface area contributed by atoms with Gasteiger partial charge in [-0.3, -0.25) is 0 Å². The minimum Gasteiger partial charge on any atom is -0.467 e. The second-order valence-electron chi connectivity index (χ2n) is 2.99. The van der Waals surface area contributed by atoms with Crippen LogP contribution in [0.3, 0.4) is 0 Å². The molecule has 0 atom stereocenters. The van der Waals surface area contributed by atoms with E-state index in [9.17, 15) is 26.4 Å². The van der Waals surface area contributed by atoms with Crippen molar-refractivity contribution in [2.45, 2.75) is 25.0 Å². The number of alkyl halides is 3. The summed E-state index contributed by atoms with van der Waals surface area (Å²) in [6, 6.07) is 0. The van der Waals surface area contributed by atoms with Gasteiger partial charge in [0.05, 0.1) is 7.11 Å². The molecule has 0 rings (SSSR count). The highest BCUT2D eigenvalue weighted by Crippen LogP contribution is 2.28. The summed E-state index contributed by atoms with van der Waals surface area (Å²) in [7, 11) is -4.91. The third-order valence-corrected chi connectivity index (χ3v) is 2.48. The first kappa shape index (κ1) is 14.2. The number of halogens is 3. The van der Waals surface area contributed by atoms with Crippen molar-refractivity contribution in [2.24, 2.45) is 0 Å². The van der Waals surface area contributed by atoms with Crippen molar-refractivity contribution >= 4 is 16.1 Å². The van der Waals surface area contributed by atoms with Crippen molar-refractivity contribution in [2.75, 3.05) is 7.11 Å². The van der Waals surface area contributed by atoms with Crippen LogP contribution in [-0.4, -0.2) is 32.6 Å². The SMILES string of the molecule is COC(=O)C(C)(C)OS(=O)(=O)C(F)(F)F. The van der Waals surface area contributed by atoms with Gasteiger partial charge in [-0.2, -0.15) is 21.6 Å². The highest BCUT2D eigenvalue weighted by molar-refractivity contribution is 7.87. The van der Waals surface area contributed by atoms with Crippen LogP contribution in [0.2, 0.25) is 0 Å². The van der Waals surface area contributed by atoms with Gasteiger partial charge in [0.25, 0.3) is 0 Å². The van der Waals surface area contributed by atoms with Crippen molar-refractivity contribution in [3.63, 3.8) is 0 Å². The van der Waals surface area contributed by atoms with Crippen LogP contribution in [0, 0.1) is 0 Å². The molecule has 5 nitrogen and oxygen atoms in total. The van der Waals surface area contributed by atoms with Gasteiger partial charge in [0.15, 0.2) is 5.60 Å². The van der Waals surface area contributed by atoms with Crippen molar-refractivity contribution in [3.8, 4) is 0 Å². The number of hydrogen-bond acceptors (Lipinski definition) is 5. The lowest BCUT2D eigenvalue weighted by molar-refractivity contribution is -0.157.